The van der Waals surface area contributed by atoms with E-state index in [1.54, 1.807) is 6.07 Å². The van der Waals surface area contributed by atoms with Crippen molar-refractivity contribution in [1.82, 2.24) is 9.80 Å². The van der Waals surface area contributed by atoms with Gasteiger partial charge in [-0.2, -0.15) is 0 Å². The molecule has 4 nitrogen and oxygen atoms in total. The van der Waals surface area contributed by atoms with Crippen molar-refractivity contribution in [1.29, 1.82) is 0 Å². The topological polar surface area (TPSA) is 49.6 Å². The average molecular weight is 307 g/mol. The van der Waals surface area contributed by atoms with Crippen LogP contribution in [0.4, 0.5) is 10.1 Å². The van der Waals surface area contributed by atoms with Gasteiger partial charge in [-0.1, -0.05) is 0 Å². The monoisotopic (exact) mass is 307 g/mol. The first-order chi connectivity index (χ1) is 9.97. The third kappa shape index (κ3) is 2.49. The van der Waals surface area contributed by atoms with Gasteiger partial charge < -0.3 is 15.5 Å². The van der Waals surface area contributed by atoms with Crippen LogP contribution in [0.2, 0.25) is 0 Å². The molecule has 1 amide bonds. The second-order valence-corrected chi connectivity index (χ2v) is 6.62. The predicted molar refractivity (Wildman–Crippen MR) is 84.2 cm³/mol. The van der Waals surface area contributed by atoms with Gasteiger partial charge in [0, 0.05) is 35.8 Å². The number of carbonyl (C=O) groups excluding carboxylic acids is 1. The number of halogens is 1. The normalized spacial score (nSPS) is 20.1. The highest BCUT2D eigenvalue weighted by molar-refractivity contribution is 7.21. The third-order valence-electron chi connectivity index (χ3n) is 4.13. The Morgan fingerprint density at radius 3 is 2.90 bits per heavy atom. The number of likely N-dealkylation sites (N-methyl/N-ethyl adjacent to an activating group) is 1. The number of nitrogens with zero attached hydrogens (tertiary/aromatic N) is 2. The molecule has 2 N–H and O–H groups in total. The van der Waals surface area contributed by atoms with Gasteiger partial charge >= 0.3 is 0 Å². The number of thiophene rings is 1. The smallest absolute Gasteiger partial charge is 0.266 e. The zero-order chi connectivity index (χ0) is 15.1. The van der Waals surface area contributed by atoms with Gasteiger partial charge in [-0.3, -0.25) is 4.79 Å². The lowest BCUT2D eigenvalue weighted by molar-refractivity contribution is 0.0578. The molecule has 1 atom stereocenters. The van der Waals surface area contributed by atoms with Crippen molar-refractivity contribution in [3.05, 3.63) is 28.9 Å². The summed E-state index contributed by atoms with van der Waals surface area (Å²) < 4.78 is 14.2. The second-order valence-electron chi connectivity index (χ2n) is 5.57. The summed E-state index contributed by atoms with van der Waals surface area (Å²) in [6.45, 7) is 4.34. The highest BCUT2D eigenvalue weighted by Crippen LogP contribution is 2.35. The Labute approximate surface area is 126 Å². The predicted octanol–water partition coefficient (Wildman–Crippen LogP) is 2.40. The molecule has 2 aromatic rings. The summed E-state index contributed by atoms with van der Waals surface area (Å²) in [6.07, 6.45) is 0. The molecule has 0 spiro atoms. The maximum atomic E-state index is 13.3. The number of hydrogen-bond acceptors (Lipinski definition) is 4. The maximum absolute atomic E-state index is 13.3. The molecule has 0 saturated carbocycles. The van der Waals surface area contributed by atoms with Gasteiger partial charge in [0.1, 0.15) is 10.7 Å². The third-order valence-corrected chi connectivity index (χ3v) is 5.30. The van der Waals surface area contributed by atoms with Crippen LogP contribution in [0.15, 0.2) is 18.2 Å². The Morgan fingerprint density at radius 1 is 1.43 bits per heavy atom. The average Bonchev–Trinajstić information content (AvgIpc) is 2.78. The highest BCUT2D eigenvalue weighted by atomic mass is 32.1. The molecule has 6 heteroatoms. The van der Waals surface area contributed by atoms with E-state index in [2.05, 4.69) is 18.9 Å². The van der Waals surface area contributed by atoms with E-state index in [9.17, 15) is 9.18 Å². The van der Waals surface area contributed by atoms with E-state index >= 15 is 0 Å². The summed E-state index contributed by atoms with van der Waals surface area (Å²) in [6, 6.07) is 4.79. The van der Waals surface area contributed by atoms with E-state index < -0.39 is 0 Å². The van der Waals surface area contributed by atoms with E-state index in [1.165, 1.54) is 23.5 Å². The van der Waals surface area contributed by atoms with Crippen LogP contribution in [-0.4, -0.2) is 48.4 Å². The van der Waals surface area contributed by atoms with E-state index in [0.29, 0.717) is 35.1 Å². The number of anilines is 1. The van der Waals surface area contributed by atoms with E-state index in [-0.39, 0.29) is 11.7 Å². The number of carbonyl (C=O) groups is 1. The number of piperazine rings is 1. The van der Waals surface area contributed by atoms with Gasteiger partial charge in [0.05, 0.1) is 5.69 Å². The lowest BCUT2D eigenvalue weighted by atomic mass is 10.1. The van der Waals surface area contributed by atoms with Crippen molar-refractivity contribution in [2.45, 2.75) is 13.0 Å². The van der Waals surface area contributed by atoms with Gasteiger partial charge in [0.2, 0.25) is 0 Å². The fourth-order valence-electron chi connectivity index (χ4n) is 2.62. The summed E-state index contributed by atoms with van der Waals surface area (Å²) in [7, 11) is 2.06. The Hall–Kier alpha value is -1.66. The van der Waals surface area contributed by atoms with Crippen LogP contribution in [0.3, 0.4) is 0 Å². The summed E-state index contributed by atoms with van der Waals surface area (Å²) in [5, 5.41) is 0.630. The summed E-state index contributed by atoms with van der Waals surface area (Å²) in [4.78, 5) is 17.3. The van der Waals surface area contributed by atoms with Gasteiger partial charge in [-0.05, 0) is 32.2 Å². The molecule has 1 saturated heterocycles. The molecular weight excluding hydrogens is 289 g/mol. The molecule has 1 aromatic heterocycles. The lowest BCUT2D eigenvalue weighted by Gasteiger charge is -2.37. The van der Waals surface area contributed by atoms with Gasteiger partial charge in [0.15, 0.2) is 0 Å². The molecule has 1 aliphatic heterocycles. The molecule has 3 rings (SSSR count). The van der Waals surface area contributed by atoms with Gasteiger partial charge in [-0.15, -0.1) is 11.3 Å². The van der Waals surface area contributed by atoms with Crippen LogP contribution < -0.4 is 5.73 Å². The Morgan fingerprint density at radius 2 is 2.19 bits per heavy atom. The first-order valence-corrected chi connectivity index (χ1v) is 7.76. The van der Waals surface area contributed by atoms with E-state index in [0.717, 1.165) is 11.2 Å². The Bertz CT molecular complexity index is 700. The molecule has 0 radical (unpaired) electrons. The van der Waals surface area contributed by atoms with Crippen molar-refractivity contribution >= 4 is 33.0 Å². The van der Waals surface area contributed by atoms with Crippen molar-refractivity contribution in [2.75, 3.05) is 32.4 Å². The van der Waals surface area contributed by atoms with Crippen LogP contribution in [-0.2, 0) is 0 Å². The number of amides is 1. The van der Waals surface area contributed by atoms with Gasteiger partial charge in [-0.25, -0.2) is 4.39 Å². The minimum Gasteiger partial charge on any atom is -0.397 e. The van der Waals surface area contributed by atoms with Crippen molar-refractivity contribution in [3.63, 3.8) is 0 Å². The van der Waals surface area contributed by atoms with Crippen LogP contribution in [0, 0.1) is 5.82 Å². The quantitative estimate of drug-likeness (QED) is 0.880. The molecule has 1 aliphatic rings. The first-order valence-electron chi connectivity index (χ1n) is 6.94. The number of nitrogen functional groups attached to an aromatic ring is 1. The first kappa shape index (κ1) is 14.3. The highest BCUT2D eigenvalue weighted by Gasteiger charge is 2.27. The summed E-state index contributed by atoms with van der Waals surface area (Å²) >= 11 is 1.34. The molecule has 0 aliphatic carbocycles. The Kier molecular flexibility index (Phi) is 3.59. The molecule has 1 fully saturated rings. The van der Waals surface area contributed by atoms with Crippen LogP contribution in [0.1, 0.15) is 16.6 Å². The van der Waals surface area contributed by atoms with Crippen molar-refractivity contribution in [3.8, 4) is 0 Å². The minimum atomic E-state index is -0.334. The number of rotatable bonds is 1. The van der Waals surface area contributed by atoms with Crippen LogP contribution >= 0.6 is 11.3 Å². The number of fused-ring (bicyclic) bond motifs is 1. The maximum Gasteiger partial charge on any atom is 0.266 e. The molecular formula is C15H18FN3OS. The fourth-order valence-corrected chi connectivity index (χ4v) is 3.70. The molecule has 1 aromatic carbocycles. The van der Waals surface area contributed by atoms with Crippen molar-refractivity contribution in [2.24, 2.45) is 0 Å². The second kappa shape index (κ2) is 5.27. The van der Waals surface area contributed by atoms with Crippen LogP contribution in [0.5, 0.6) is 0 Å². The molecule has 21 heavy (non-hydrogen) atoms. The fraction of sp³-hybridized carbons (Fsp3) is 0.400. The van der Waals surface area contributed by atoms with Crippen LogP contribution in [0.25, 0.3) is 10.1 Å². The minimum absolute atomic E-state index is 0.0472. The number of hydrogen-bond donors (Lipinski definition) is 1. The molecule has 2 heterocycles. The SMILES string of the molecule is CC1CN(C(=O)c2sc3ccc(F)cc3c2N)CCN1C. The molecule has 1 unspecified atom stereocenters. The molecule has 0 bridgehead atoms. The number of nitrogens with two attached hydrogens (primary N) is 1. The largest absolute Gasteiger partial charge is 0.397 e. The number of benzene rings is 1. The standard InChI is InChI=1S/C15H18FN3OS/c1-9-8-19(6-5-18(9)2)15(20)14-13(17)11-7-10(16)3-4-12(11)21-14/h3-4,7,9H,5-6,8,17H2,1-2H3. The zero-order valence-electron chi connectivity index (χ0n) is 12.1. The summed E-state index contributed by atoms with van der Waals surface area (Å²) in [5.74, 6) is -0.381. The molecule has 112 valence electrons. The zero-order valence-corrected chi connectivity index (χ0v) is 12.9. The van der Waals surface area contributed by atoms with Crippen molar-refractivity contribution < 1.29 is 9.18 Å². The van der Waals surface area contributed by atoms with E-state index in [1.807, 2.05) is 4.90 Å². The van der Waals surface area contributed by atoms with E-state index in [4.69, 9.17) is 5.73 Å². The lowest BCUT2D eigenvalue weighted by Crippen LogP contribution is -2.51. The Balaban J connectivity index is 1.93. The van der Waals surface area contributed by atoms with Gasteiger partial charge in [0.25, 0.3) is 5.91 Å². The summed E-state index contributed by atoms with van der Waals surface area (Å²) in [5.41, 5.74) is 6.46.